The Morgan fingerprint density at radius 3 is 2.71 bits per heavy atom. The molecule has 0 unspecified atom stereocenters. The van der Waals surface area contributed by atoms with E-state index in [9.17, 15) is 4.79 Å². The first-order valence-corrected chi connectivity index (χ1v) is 4.61. The van der Waals surface area contributed by atoms with Gasteiger partial charge in [-0.1, -0.05) is 0 Å². The molecule has 4 nitrogen and oxygen atoms in total. The van der Waals surface area contributed by atoms with Gasteiger partial charge < -0.3 is 15.0 Å². The standard InChI is InChI=1S/C10H16N2O2/c1-7-4-5-9(12(7)3)10(14)11-6-8(2)13/h4-5,8,13H,6H2,1-3H3,(H,11,14)/t8-/m0/s1. The van der Waals surface area contributed by atoms with E-state index in [1.165, 1.54) is 0 Å². The zero-order valence-electron chi connectivity index (χ0n) is 8.74. The Morgan fingerprint density at radius 1 is 1.64 bits per heavy atom. The summed E-state index contributed by atoms with van der Waals surface area (Å²) in [5.41, 5.74) is 1.65. The van der Waals surface area contributed by atoms with Crippen molar-refractivity contribution in [1.29, 1.82) is 0 Å². The molecule has 0 radical (unpaired) electrons. The number of hydrogen-bond donors (Lipinski definition) is 2. The van der Waals surface area contributed by atoms with Crippen LogP contribution in [0, 0.1) is 6.92 Å². The molecule has 14 heavy (non-hydrogen) atoms. The summed E-state index contributed by atoms with van der Waals surface area (Å²) in [5.74, 6) is -0.151. The monoisotopic (exact) mass is 196 g/mol. The van der Waals surface area contributed by atoms with Gasteiger partial charge in [0.2, 0.25) is 0 Å². The summed E-state index contributed by atoms with van der Waals surface area (Å²) in [7, 11) is 1.84. The predicted octanol–water partition coefficient (Wildman–Crippen LogP) is 0.444. The van der Waals surface area contributed by atoms with Crippen molar-refractivity contribution in [2.45, 2.75) is 20.0 Å². The van der Waals surface area contributed by atoms with Crippen LogP contribution >= 0.6 is 0 Å². The minimum absolute atomic E-state index is 0.151. The molecule has 4 heteroatoms. The van der Waals surface area contributed by atoms with Crippen LogP contribution in [0.5, 0.6) is 0 Å². The van der Waals surface area contributed by atoms with Crippen molar-refractivity contribution in [2.24, 2.45) is 7.05 Å². The van der Waals surface area contributed by atoms with E-state index in [4.69, 9.17) is 5.11 Å². The van der Waals surface area contributed by atoms with Crippen LogP contribution in [0.25, 0.3) is 0 Å². The predicted molar refractivity (Wildman–Crippen MR) is 54.2 cm³/mol. The maximum absolute atomic E-state index is 11.5. The highest BCUT2D eigenvalue weighted by Crippen LogP contribution is 2.05. The third-order valence-corrected chi connectivity index (χ3v) is 2.16. The second-order valence-electron chi connectivity index (χ2n) is 3.48. The van der Waals surface area contributed by atoms with E-state index in [1.807, 2.05) is 24.6 Å². The lowest BCUT2D eigenvalue weighted by Crippen LogP contribution is -2.31. The number of nitrogens with one attached hydrogen (secondary N) is 1. The van der Waals surface area contributed by atoms with Crippen molar-refractivity contribution in [3.8, 4) is 0 Å². The van der Waals surface area contributed by atoms with Crippen LogP contribution in [0.4, 0.5) is 0 Å². The lowest BCUT2D eigenvalue weighted by molar-refractivity contribution is 0.0915. The third-order valence-electron chi connectivity index (χ3n) is 2.16. The molecule has 1 rings (SSSR count). The Labute approximate surface area is 83.5 Å². The molecule has 0 aliphatic rings. The first-order valence-electron chi connectivity index (χ1n) is 4.61. The lowest BCUT2D eigenvalue weighted by Gasteiger charge is -2.08. The number of amides is 1. The van der Waals surface area contributed by atoms with Gasteiger partial charge in [-0.3, -0.25) is 4.79 Å². The van der Waals surface area contributed by atoms with Crippen molar-refractivity contribution in [3.63, 3.8) is 0 Å². The van der Waals surface area contributed by atoms with Gasteiger partial charge in [-0.15, -0.1) is 0 Å². The molecule has 0 aliphatic heterocycles. The summed E-state index contributed by atoms with van der Waals surface area (Å²) in [6.45, 7) is 3.85. The second kappa shape index (κ2) is 4.28. The normalized spacial score (nSPS) is 12.6. The van der Waals surface area contributed by atoms with Gasteiger partial charge in [-0.05, 0) is 26.0 Å². The van der Waals surface area contributed by atoms with Crippen molar-refractivity contribution >= 4 is 5.91 Å². The molecule has 1 amide bonds. The van der Waals surface area contributed by atoms with Gasteiger partial charge in [0.1, 0.15) is 5.69 Å². The SMILES string of the molecule is Cc1ccc(C(=O)NC[C@H](C)O)n1C. The number of carbonyl (C=O) groups excluding carboxylic acids is 1. The number of aromatic nitrogens is 1. The molecule has 1 heterocycles. The number of aryl methyl sites for hydroxylation is 1. The Balaban J connectivity index is 2.66. The van der Waals surface area contributed by atoms with Crippen LogP contribution in [-0.4, -0.2) is 28.2 Å². The quantitative estimate of drug-likeness (QED) is 0.737. The maximum atomic E-state index is 11.5. The molecule has 0 saturated heterocycles. The van der Waals surface area contributed by atoms with Gasteiger partial charge in [-0.25, -0.2) is 0 Å². The molecule has 1 atom stereocenters. The van der Waals surface area contributed by atoms with Gasteiger partial charge in [0.15, 0.2) is 0 Å². The van der Waals surface area contributed by atoms with Gasteiger partial charge in [-0.2, -0.15) is 0 Å². The Hall–Kier alpha value is -1.29. The summed E-state index contributed by atoms with van der Waals surface area (Å²) >= 11 is 0. The van der Waals surface area contributed by atoms with Crippen molar-refractivity contribution in [3.05, 3.63) is 23.5 Å². The van der Waals surface area contributed by atoms with E-state index < -0.39 is 6.10 Å². The Kier molecular flexibility index (Phi) is 3.30. The Morgan fingerprint density at radius 2 is 2.29 bits per heavy atom. The van der Waals surface area contributed by atoms with E-state index in [0.717, 1.165) is 5.69 Å². The van der Waals surface area contributed by atoms with E-state index in [0.29, 0.717) is 5.69 Å². The fraction of sp³-hybridized carbons (Fsp3) is 0.500. The summed E-state index contributed by atoms with van der Waals surface area (Å²) in [5, 5.41) is 11.6. The topological polar surface area (TPSA) is 54.3 Å². The number of aliphatic hydroxyl groups excluding tert-OH is 1. The van der Waals surface area contributed by atoms with Crippen LogP contribution in [-0.2, 0) is 7.05 Å². The molecule has 0 spiro atoms. The number of carbonyl (C=O) groups is 1. The average Bonchev–Trinajstić information content (AvgIpc) is 2.44. The highest BCUT2D eigenvalue weighted by atomic mass is 16.3. The summed E-state index contributed by atoms with van der Waals surface area (Å²) in [6.07, 6.45) is -0.514. The van der Waals surface area contributed by atoms with Gasteiger partial charge in [0.05, 0.1) is 6.10 Å². The van der Waals surface area contributed by atoms with Crippen molar-refractivity contribution in [2.75, 3.05) is 6.54 Å². The van der Waals surface area contributed by atoms with Crippen molar-refractivity contribution in [1.82, 2.24) is 9.88 Å². The van der Waals surface area contributed by atoms with Crippen LogP contribution < -0.4 is 5.32 Å². The lowest BCUT2D eigenvalue weighted by atomic mass is 10.3. The van der Waals surface area contributed by atoms with Crippen molar-refractivity contribution < 1.29 is 9.90 Å². The number of aliphatic hydroxyl groups is 1. The molecular weight excluding hydrogens is 180 g/mol. The average molecular weight is 196 g/mol. The second-order valence-corrected chi connectivity index (χ2v) is 3.48. The number of nitrogens with zero attached hydrogens (tertiary/aromatic N) is 1. The van der Waals surface area contributed by atoms with Gasteiger partial charge in [0, 0.05) is 19.3 Å². The molecule has 1 aromatic rings. The molecule has 78 valence electrons. The largest absolute Gasteiger partial charge is 0.392 e. The van der Waals surface area contributed by atoms with E-state index in [-0.39, 0.29) is 12.5 Å². The molecule has 0 aliphatic carbocycles. The van der Waals surface area contributed by atoms with Crippen LogP contribution in [0.2, 0.25) is 0 Å². The van der Waals surface area contributed by atoms with E-state index in [1.54, 1.807) is 13.0 Å². The summed E-state index contributed by atoms with van der Waals surface area (Å²) < 4.78 is 1.82. The first kappa shape index (κ1) is 10.8. The molecular formula is C10H16N2O2. The smallest absolute Gasteiger partial charge is 0.267 e. The zero-order chi connectivity index (χ0) is 10.7. The van der Waals surface area contributed by atoms with Gasteiger partial charge in [0.25, 0.3) is 5.91 Å². The summed E-state index contributed by atoms with van der Waals surface area (Å²) in [6, 6.07) is 3.66. The minimum Gasteiger partial charge on any atom is -0.392 e. The highest BCUT2D eigenvalue weighted by molar-refractivity contribution is 5.92. The van der Waals surface area contributed by atoms with Crippen LogP contribution in [0.3, 0.4) is 0 Å². The molecule has 0 aromatic carbocycles. The fourth-order valence-electron chi connectivity index (χ4n) is 1.17. The van der Waals surface area contributed by atoms with Crippen LogP contribution in [0.15, 0.2) is 12.1 Å². The van der Waals surface area contributed by atoms with E-state index in [2.05, 4.69) is 5.32 Å². The minimum atomic E-state index is -0.514. The fourth-order valence-corrected chi connectivity index (χ4v) is 1.17. The third kappa shape index (κ3) is 2.35. The molecule has 0 bridgehead atoms. The number of hydrogen-bond acceptors (Lipinski definition) is 2. The summed E-state index contributed by atoms with van der Waals surface area (Å²) in [4.78, 5) is 11.5. The first-order chi connectivity index (χ1) is 6.52. The highest BCUT2D eigenvalue weighted by Gasteiger charge is 2.10. The maximum Gasteiger partial charge on any atom is 0.267 e. The molecule has 1 aromatic heterocycles. The molecule has 0 fully saturated rings. The van der Waals surface area contributed by atoms with Crippen LogP contribution in [0.1, 0.15) is 23.1 Å². The molecule has 0 saturated carbocycles. The molecule has 2 N–H and O–H groups in total. The number of rotatable bonds is 3. The zero-order valence-corrected chi connectivity index (χ0v) is 8.74. The van der Waals surface area contributed by atoms with E-state index >= 15 is 0 Å². The Bertz CT molecular complexity index is 329. The van der Waals surface area contributed by atoms with Gasteiger partial charge >= 0.3 is 0 Å².